The van der Waals surface area contributed by atoms with Crippen molar-refractivity contribution in [2.45, 2.75) is 36.7 Å². The third-order valence-electron chi connectivity index (χ3n) is 5.97. The van der Waals surface area contributed by atoms with Crippen LogP contribution in [-0.4, -0.2) is 18.8 Å². The minimum atomic E-state index is -3.66. The predicted octanol–water partition coefficient (Wildman–Crippen LogP) is 4.40. The summed E-state index contributed by atoms with van der Waals surface area (Å²) in [5.74, 6) is -0.348. The Balaban J connectivity index is 1.67. The van der Waals surface area contributed by atoms with Crippen LogP contribution in [0.4, 0.5) is 4.39 Å². The Morgan fingerprint density at radius 1 is 0.929 bits per heavy atom. The van der Waals surface area contributed by atoms with Gasteiger partial charge < -0.3 is 0 Å². The Morgan fingerprint density at radius 3 is 2.43 bits per heavy atom. The lowest BCUT2D eigenvalue weighted by Gasteiger charge is -2.38. The first-order valence-corrected chi connectivity index (χ1v) is 10.8. The molecule has 2 atom stereocenters. The molecule has 28 heavy (non-hydrogen) atoms. The zero-order valence-corrected chi connectivity index (χ0v) is 16.3. The zero-order chi connectivity index (χ0) is 19.5. The molecule has 0 amide bonds. The van der Waals surface area contributed by atoms with Gasteiger partial charge in [0.1, 0.15) is 5.82 Å². The normalized spacial score (nSPS) is 21.1. The molecular formula is C23H20FNO2S. The number of benzene rings is 3. The van der Waals surface area contributed by atoms with E-state index < -0.39 is 10.0 Å². The maximum absolute atomic E-state index is 13.8. The van der Waals surface area contributed by atoms with Gasteiger partial charge >= 0.3 is 0 Å². The fourth-order valence-electron chi connectivity index (χ4n) is 4.62. The molecule has 5 heteroatoms. The molecule has 5 rings (SSSR count). The highest BCUT2D eigenvalue weighted by Gasteiger charge is 2.46. The molecule has 0 aromatic heterocycles. The largest absolute Gasteiger partial charge is 0.243 e. The number of hydrogen-bond donors (Lipinski definition) is 0. The van der Waals surface area contributed by atoms with Crippen LogP contribution < -0.4 is 0 Å². The number of sulfonamides is 1. The van der Waals surface area contributed by atoms with Crippen molar-refractivity contribution in [2.24, 2.45) is 0 Å². The Bertz CT molecular complexity index is 1170. The van der Waals surface area contributed by atoms with Crippen molar-refractivity contribution >= 4 is 10.0 Å². The van der Waals surface area contributed by atoms with Crippen molar-refractivity contribution < 1.29 is 12.8 Å². The Morgan fingerprint density at radius 2 is 1.64 bits per heavy atom. The summed E-state index contributed by atoms with van der Waals surface area (Å²) in [5, 5.41) is 0. The molecule has 2 aliphatic rings. The first-order valence-electron chi connectivity index (χ1n) is 9.40. The van der Waals surface area contributed by atoms with Gasteiger partial charge in [0.15, 0.2) is 0 Å². The van der Waals surface area contributed by atoms with Crippen molar-refractivity contribution in [1.82, 2.24) is 4.31 Å². The lowest BCUT2D eigenvalue weighted by molar-refractivity contribution is 0.281. The SMILES string of the molecule is Cc1ccc(S(=O)(=O)N2Cc3ccccc3[C@@H]3c4ccc(F)cc4C[C@@H]32)cc1. The van der Waals surface area contributed by atoms with E-state index in [9.17, 15) is 12.8 Å². The van der Waals surface area contributed by atoms with E-state index in [1.54, 1.807) is 22.5 Å². The summed E-state index contributed by atoms with van der Waals surface area (Å²) in [4.78, 5) is 0.304. The van der Waals surface area contributed by atoms with Gasteiger partial charge in [-0.2, -0.15) is 4.31 Å². The van der Waals surface area contributed by atoms with Gasteiger partial charge in [0.25, 0.3) is 0 Å². The monoisotopic (exact) mass is 393 g/mol. The molecule has 0 saturated heterocycles. The highest BCUT2D eigenvalue weighted by atomic mass is 32.2. The molecule has 1 aliphatic heterocycles. The van der Waals surface area contributed by atoms with E-state index in [0.717, 1.165) is 27.8 Å². The fourth-order valence-corrected chi connectivity index (χ4v) is 6.24. The molecule has 3 aromatic carbocycles. The number of nitrogens with zero attached hydrogens (tertiary/aromatic N) is 1. The number of hydrogen-bond acceptors (Lipinski definition) is 2. The highest BCUT2D eigenvalue weighted by Crippen LogP contribution is 2.47. The Labute approximate surface area is 164 Å². The van der Waals surface area contributed by atoms with Crippen LogP contribution in [0.2, 0.25) is 0 Å². The average molecular weight is 393 g/mol. The third-order valence-corrected chi connectivity index (χ3v) is 7.85. The van der Waals surface area contributed by atoms with E-state index in [0.29, 0.717) is 17.9 Å². The van der Waals surface area contributed by atoms with Crippen LogP contribution in [0.15, 0.2) is 71.6 Å². The van der Waals surface area contributed by atoms with Crippen LogP contribution in [0.1, 0.15) is 33.7 Å². The smallest absolute Gasteiger partial charge is 0.207 e. The topological polar surface area (TPSA) is 37.4 Å². The summed E-state index contributed by atoms with van der Waals surface area (Å²) in [6.07, 6.45) is 0.525. The van der Waals surface area contributed by atoms with Gasteiger partial charge in [-0.3, -0.25) is 0 Å². The van der Waals surface area contributed by atoms with Gasteiger partial charge in [0.05, 0.1) is 4.90 Å². The number of halogens is 1. The molecule has 0 fully saturated rings. The first kappa shape index (κ1) is 17.6. The maximum atomic E-state index is 13.8. The summed E-state index contributed by atoms with van der Waals surface area (Å²) >= 11 is 0. The summed E-state index contributed by atoms with van der Waals surface area (Å²) in [6.45, 7) is 2.27. The minimum absolute atomic E-state index is 0.0687. The third kappa shape index (κ3) is 2.61. The van der Waals surface area contributed by atoms with Gasteiger partial charge in [-0.05, 0) is 59.9 Å². The van der Waals surface area contributed by atoms with Crippen molar-refractivity contribution in [2.75, 3.05) is 0 Å². The molecule has 0 bridgehead atoms. The second kappa shape index (κ2) is 6.26. The molecule has 0 saturated carbocycles. The second-order valence-electron chi connectivity index (χ2n) is 7.65. The van der Waals surface area contributed by atoms with Crippen molar-refractivity contribution in [1.29, 1.82) is 0 Å². The summed E-state index contributed by atoms with van der Waals surface area (Å²) in [5.41, 5.74) is 5.10. The second-order valence-corrected chi connectivity index (χ2v) is 9.54. The van der Waals surface area contributed by atoms with Crippen molar-refractivity contribution in [3.8, 4) is 0 Å². The molecule has 3 aromatic rings. The van der Waals surface area contributed by atoms with E-state index >= 15 is 0 Å². The fraction of sp³-hybridized carbons (Fsp3) is 0.217. The van der Waals surface area contributed by atoms with Crippen molar-refractivity contribution in [3.63, 3.8) is 0 Å². The molecule has 0 spiro atoms. The Hall–Kier alpha value is -2.50. The van der Waals surface area contributed by atoms with Crippen LogP contribution in [0.3, 0.4) is 0 Å². The van der Waals surface area contributed by atoms with Gasteiger partial charge in [-0.15, -0.1) is 0 Å². The number of aryl methyl sites for hydroxylation is 1. The van der Waals surface area contributed by atoms with Gasteiger partial charge in [-0.1, -0.05) is 48.0 Å². The number of fused-ring (bicyclic) bond motifs is 5. The summed E-state index contributed by atoms with van der Waals surface area (Å²) < 4.78 is 42.5. The van der Waals surface area contributed by atoms with E-state index in [1.165, 1.54) is 6.07 Å². The molecule has 3 nitrogen and oxygen atoms in total. The van der Waals surface area contributed by atoms with Gasteiger partial charge in [-0.25, -0.2) is 12.8 Å². The van der Waals surface area contributed by atoms with Crippen LogP contribution in [-0.2, 0) is 23.0 Å². The van der Waals surface area contributed by atoms with E-state index in [-0.39, 0.29) is 17.8 Å². The molecule has 0 radical (unpaired) electrons. The average Bonchev–Trinajstić information content (AvgIpc) is 3.06. The first-order chi connectivity index (χ1) is 13.4. The van der Waals surface area contributed by atoms with Gasteiger partial charge in [0, 0.05) is 18.5 Å². The molecule has 0 unspecified atom stereocenters. The predicted molar refractivity (Wildman–Crippen MR) is 106 cm³/mol. The van der Waals surface area contributed by atoms with Crippen LogP contribution in [0.25, 0.3) is 0 Å². The van der Waals surface area contributed by atoms with Crippen molar-refractivity contribution in [3.05, 3.63) is 100 Å². The quantitative estimate of drug-likeness (QED) is 0.647. The van der Waals surface area contributed by atoms with Crippen LogP contribution in [0.5, 0.6) is 0 Å². The Kier molecular flexibility index (Phi) is 3.93. The molecular weight excluding hydrogens is 373 g/mol. The summed E-state index contributed by atoms with van der Waals surface area (Å²) in [7, 11) is -3.66. The maximum Gasteiger partial charge on any atom is 0.243 e. The van der Waals surface area contributed by atoms with Crippen LogP contribution in [0, 0.1) is 12.7 Å². The standard InChI is InChI=1S/C23H20FNO2S/c1-15-6-9-19(10-7-15)28(26,27)25-14-16-4-2-3-5-20(16)23-21-11-8-18(24)12-17(21)13-22(23)25/h2-12,22-23H,13-14H2,1H3/t22-,23+/m0/s1. The van der Waals surface area contributed by atoms with E-state index in [1.807, 2.05) is 43.3 Å². The number of rotatable bonds is 2. The molecule has 1 aliphatic carbocycles. The lowest BCUT2D eigenvalue weighted by Crippen LogP contribution is -2.45. The highest BCUT2D eigenvalue weighted by molar-refractivity contribution is 7.89. The summed E-state index contributed by atoms with van der Waals surface area (Å²) in [6, 6.07) is 19.6. The van der Waals surface area contributed by atoms with E-state index in [2.05, 4.69) is 6.07 Å². The molecule has 142 valence electrons. The lowest BCUT2D eigenvalue weighted by atomic mass is 9.84. The van der Waals surface area contributed by atoms with E-state index in [4.69, 9.17) is 0 Å². The van der Waals surface area contributed by atoms with Crippen LogP contribution >= 0.6 is 0 Å². The van der Waals surface area contributed by atoms with Gasteiger partial charge in [0.2, 0.25) is 10.0 Å². The minimum Gasteiger partial charge on any atom is -0.207 e. The molecule has 0 N–H and O–H groups in total. The zero-order valence-electron chi connectivity index (χ0n) is 15.5. The molecule has 1 heterocycles.